The zero-order valence-electron chi connectivity index (χ0n) is 24.7. The van der Waals surface area contributed by atoms with Crippen LogP contribution in [0, 0.1) is 11.8 Å². The highest BCUT2D eigenvalue weighted by molar-refractivity contribution is 5.00. The summed E-state index contributed by atoms with van der Waals surface area (Å²) >= 11 is 0. The lowest BCUT2D eigenvalue weighted by Gasteiger charge is -2.51. The topological polar surface area (TPSA) is 258 Å². The van der Waals surface area contributed by atoms with E-state index in [-0.39, 0.29) is 25.7 Å². The molecule has 3 saturated heterocycles. The van der Waals surface area contributed by atoms with Gasteiger partial charge < -0.3 is 79.5 Å². The predicted molar refractivity (Wildman–Crippen MR) is 143 cm³/mol. The molecule has 10 N–H and O–H groups in total. The van der Waals surface area contributed by atoms with Gasteiger partial charge in [0.2, 0.25) is 0 Å². The fourth-order valence-corrected chi connectivity index (χ4v) is 7.36. The number of fused-ring (bicyclic) bond motifs is 1. The second-order valence-electron chi connectivity index (χ2n) is 13.0. The van der Waals surface area contributed by atoms with E-state index in [1.807, 2.05) is 0 Å². The van der Waals surface area contributed by atoms with Crippen molar-refractivity contribution in [3.05, 3.63) is 0 Å². The Bertz CT molecular complexity index is 930. The Kier molecular flexibility index (Phi) is 11.2. The molecule has 0 bridgehead atoms. The number of ether oxygens (including phenoxy) is 6. The molecule has 3 aliphatic heterocycles. The van der Waals surface area contributed by atoms with Gasteiger partial charge in [0.25, 0.3) is 0 Å². The molecular formula is C28H48O16. The molecule has 44 heavy (non-hydrogen) atoms. The van der Waals surface area contributed by atoms with Crippen LogP contribution in [0.25, 0.3) is 0 Å². The molecule has 5 fully saturated rings. The van der Waals surface area contributed by atoms with Crippen LogP contribution < -0.4 is 0 Å². The van der Waals surface area contributed by atoms with Crippen LogP contribution in [-0.2, 0) is 28.4 Å². The number of aliphatic hydroxyl groups excluding tert-OH is 10. The van der Waals surface area contributed by atoms with E-state index in [0.717, 1.165) is 0 Å². The zero-order valence-corrected chi connectivity index (χ0v) is 24.7. The summed E-state index contributed by atoms with van der Waals surface area (Å²) in [6, 6.07) is 0. The molecule has 0 aromatic rings. The van der Waals surface area contributed by atoms with Gasteiger partial charge in [-0.05, 0) is 44.9 Å². The number of hydrogen-bond acceptors (Lipinski definition) is 16. The lowest BCUT2D eigenvalue weighted by Crippen LogP contribution is -2.63. The van der Waals surface area contributed by atoms with Gasteiger partial charge in [0, 0.05) is 13.0 Å². The van der Waals surface area contributed by atoms with Crippen LogP contribution in [-0.4, -0.2) is 175 Å². The van der Waals surface area contributed by atoms with E-state index in [4.69, 9.17) is 28.4 Å². The van der Waals surface area contributed by atoms with Gasteiger partial charge in [0.05, 0.1) is 55.4 Å². The summed E-state index contributed by atoms with van der Waals surface area (Å²) in [6.07, 6.45) is -20.3. The second kappa shape index (κ2) is 14.2. The predicted octanol–water partition coefficient (Wildman–Crippen LogP) is -4.54. The molecule has 3 heterocycles. The first-order chi connectivity index (χ1) is 20.8. The molecule has 10 unspecified atom stereocenters. The maximum absolute atomic E-state index is 10.8. The lowest BCUT2D eigenvalue weighted by molar-refractivity contribution is -0.346. The number of methoxy groups -OCH3 is 1. The van der Waals surface area contributed by atoms with E-state index in [1.165, 1.54) is 14.0 Å². The first kappa shape index (κ1) is 34.7. The van der Waals surface area contributed by atoms with E-state index >= 15 is 0 Å². The Balaban J connectivity index is 1.31. The van der Waals surface area contributed by atoms with E-state index in [9.17, 15) is 51.1 Å². The molecule has 2 saturated carbocycles. The quantitative estimate of drug-likeness (QED) is 0.126. The Morgan fingerprint density at radius 1 is 0.614 bits per heavy atom. The van der Waals surface area contributed by atoms with Crippen LogP contribution in [0.2, 0.25) is 0 Å². The minimum absolute atomic E-state index is 0.141. The SMILES string of the molecule is COC1CC(C2OC3CC(O)CC(O)C3CC2O[C@@H]2O[C@H](CO[C@@H]3O[C@H](C)[C@@H](O)[C@H](O)[C@H]3O)[C@@H](O)[C@H](O)[C@H]2O)CC(O)C1O. The van der Waals surface area contributed by atoms with E-state index in [2.05, 4.69) is 0 Å². The molecule has 0 radical (unpaired) electrons. The maximum Gasteiger partial charge on any atom is 0.187 e. The molecule has 256 valence electrons. The highest BCUT2D eigenvalue weighted by Gasteiger charge is 2.53. The monoisotopic (exact) mass is 640 g/mol. The maximum atomic E-state index is 10.8. The fourth-order valence-electron chi connectivity index (χ4n) is 7.36. The molecule has 2 aliphatic carbocycles. The molecule has 16 nitrogen and oxygen atoms in total. The lowest BCUT2D eigenvalue weighted by atomic mass is 9.72. The van der Waals surface area contributed by atoms with Gasteiger partial charge in [0.15, 0.2) is 12.6 Å². The number of aliphatic hydroxyl groups is 10. The van der Waals surface area contributed by atoms with E-state index in [1.54, 1.807) is 0 Å². The molecule has 20 atom stereocenters. The van der Waals surface area contributed by atoms with E-state index in [0.29, 0.717) is 6.42 Å². The molecular weight excluding hydrogens is 592 g/mol. The van der Waals surface area contributed by atoms with Crippen LogP contribution in [0.4, 0.5) is 0 Å². The van der Waals surface area contributed by atoms with Gasteiger partial charge in [0.1, 0.15) is 48.8 Å². The number of hydrogen-bond donors (Lipinski definition) is 10. The molecule has 0 spiro atoms. The van der Waals surface area contributed by atoms with Gasteiger partial charge in [-0.3, -0.25) is 0 Å². The largest absolute Gasteiger partial charge is 0.393 e. The molecule has 0 amide bonds. The van der Waals surface area contributed by atoms with Crippen LogP contribution in [0.1, 0.15) is 39.0 Å². The second-order valence-corrected chi connectivity index (χ2v) is 13.0. The summed E-state index contributed by atoms with van der Waals surface area (Å²) in [5, 5.41) is 104. The molecule has 0 aromatic heterocycles. The minimum atomic E-state index is -1.73. The summed E-state index contributed by atoms with van der Waals surface area (Å²) in [5.41, 5.74) is 0. The Morgan fingerprint density at radius 3 is 2.00 bits per heavy atom. The third kappa shape index (κ3) is 6.96. The van der Waals surface area contributed by atoms with Crippen molar-refractivity contribution in [2.45, 2.75) is 149 Å². The molecule has 16 heteroatoms. The Morgan fingerprint density at radius 2 is 1.30 bits per heavy atom. The van der Waals surface area contributed by atoms with Crippen molar-refractivity contribution in [3.63, 3.8) is 0 Å². The van der Waals surface area contributed by atoms with Crippen molar-refractivity contribution in [3.8, 4) is 0 Å². The van der Waals surface area contributed by atoms with Crippen LogP contribution in [0.15, 0.2) is 0 Å². The summed E-state index contributed by atoms with van der Waals surface area (Å²) in [6.45, 7) is 1.01. The minimum Gasteiger partial charge on any atom is -0.393 e. The van der Waals surface area contributed by atoms with Gasteiger partial charge >= 0.3 is 0 Å². The zero-order chi connectivity index (χ0) is 32.0. The van der Waals surface area contributed by atoms with Gasteiger partial charge in [-0.25, -0.2) is 0 Å². The summed E-state index contributed by atoms with van der Waals surface area (Å²) in [7, 11) is 1.42. The third-order valence-corrected chi connectivity index (χ3v) is 10.0. The van der Waals surface area contributed by atoms with Crippen LogP contribution in [0.3, 0.4) is 0 Å². The van der Waals surface area contributed by atoms with Crippen molar-refractivity contribution in [1.82, 2.24) is 0 Å². The highest BCUT2D eigenvalue weighted by Crippen LogP contribution is 2.43. The summed E-state index contributed by atoms with van der Waals surface area (Å²) in [4.78, 5) is 0. The molecule has 0 aromatic carbocycles. The van der Waals surface area contributed by atoms with Crippen LogP contribution in [0.5, 0.6) is 0 Å². The standard InChI is InChI=1S/C28H48O16/c1-9-19(32)22(35)24(37)27(41-9)40-8-18-21(34)23(36)25(38)28(44-18)43-17-7-12-13(30)5-11(29)6-15(12)42-26(17)10-3-14(31)20(33)16(4-10)39-2/h9-38H,3-8H2,1-2H3/t9-,10?,11?,12?,13?,14?,15?,16?,17?,18-,19-,20?,21-,22+,23+,24-,25-,26?,27-,28-/m1/s1. The summed E-state index contributed by atoms with van der Waals surface area (Å²) < 4.78 is 34.9. The van der Waals surface area contributed by atoms with Gasteiger partial charge in [-0.2, -0.15) is 0 Å². The summed E-state index contributed by atoms with van der Waals surface area (Å²) in [5.74, 6) is -0.828. The van der Waals surface area contributed by atoms with Gasteiger partial charge in [-0.1, -0.05) is 0 Å². The number of rotatable bonds is 7. The van der Waals surface area contributed by atoms with Crippen molar-refractivity contribution in [1.29, 1.82) is 0 Å². The van der Waals surface area contributed by atoms with E-state index < -0.39 is 129 Å². The smallest absolute Gasteiger partial charge is 0.187 e. The first-order valence-electron chi connectivity index (χ1n) is 15.4. The molecule has 5 rings (SSSR count). The fraction of sp³-hybridized carbons (Fsp3) is 1.00. The van der Waals surface area contributed by atoms with Gasteiger partial charge in [-0.15, -0.1) is 0 Å². The molecule has 5 aliphatic rings. The van der Waals surface area contributed by atoms with Crippen molar-refractivity contribution >= 4 is 0 Å². The van der Waals surface area contributed by atoms with Crippen molar-refractivity contribution < 1.29 is 79.5 Å². The average Bonchev–Trinajstić information content (AvgIpc) is 2.99. The van der Waals surface area contributed by atoms with Crippen molar-refractivity contribution in [2.24, 2.45) is 11.8 Å². The average molecular weight is 641 g/mol. The normalized spacial score (nSPS) is 55.4. The Hall–Kier alpha value is -0.640. The Labute approximate surface area is 254 Å². The first-order valence-corrected chi connectivity index (χ1v) is 15.4. The third-order valence-electron chi connectivity index (χ3n) is 10.0. The highest BCUT2D eigenvalue weighted by atomic mass is 16.7. The van der Waals surface area contributed by atoms with Crippen molar-refractivity contribution in [2.75, 3.05) is 13.7 Å². The van der Waals surface area contributed by atoms with Crippen LogP contribution >= 0.6 is 0 Å².